The Bertz CT molecular complexity index is 999. The minimum atomic E-state index is -4.84. The number of methoxy groups -OCH3 is 1. The second-order valence-electron chi connectivity index (χ2n) is 6.50. The fourth-order valence-corrected chi connectivity index (χ4v) is 2.83. The van der Waals surface area contributed by atoms with E-state index < -0.39 is 23.3 Å². The van der Waals surface area contributed by atoms with Gasteiger partial charge in [-0.15, -0.1) is 10.2 Å². The third-order valence-corrected chi connectivity index (χ3v) is 4.37. The second-order valence-corrected chi connectivity index (χ2v) is 6.50. The molecular weight excluding hydrogens is 399 g/mol. The van der Waals surface area contributed by atoms with E-state index >= 15 is 0 Å². The predicted molar refractivity (Wildman–Crippen MR) is 104 cm³/mol. The number of hydrogen-bond donors (Lipinski definition) is 1. The van der Waals surface area contributed by atoms with Crippen molar-refractivity contribution >= 4 is 11.6 Å². The van der Waals surface area contributed by atoms with Gasteiger partial charge in [0.15, 0.2) is 11.5 Å². The van der Waals surface area contributed by atoms with E-state index in [0.717, 1.165) is 31.0 Å². The van der Waals surface area contributed by atoms with Crippen LogP contribution in [0.3, 0.4) is 0 Å². The molecule has 2 aromatic heterocycles. The molecule has 2 heterocycles. The lowest BCUT2D eigenvalue weighted by Crippen LogP contribution is -2.21. The number of alkyl halides is 3. The quantitative estimate of drug-likeness (QED) is 0.618. The standard InChI is InChI=1S/C20H20F3N5O2/c1-3-4-5-13-6-8-14(9-7-13)25-19(29)15-12-24-28(18(15)20(21,22)23)16-10-11-17(30-2)27-26-16/h6-12H,3-5H2,1-2H3,(H,25,29). The van der Waals surface area contributed by atoms with Gasteiger partial charge >= 0.3 is 6.18 Å². The molecular formula is C20H20F3N5O2. The molecule has 0 aliphatic heterocycles. The highest BCUT2D eigenvalue weighted by Gasteiger charge is 2.41. The fraction of sp³-hybridized carbons (Fsp3) is 0.300. The van der Waals surface area contributed by atoms with E-state index in [-0.39, 0.29) is 11.7 Å². The van der Waals surface area contributed by atoms with Crippen LogP contribution in [0.1, 0.15) is 41.4 Å². The van der Waals surface area contributed by atoms with Gasteiger partial charge in [-0.1, -0.05) is 25.5 Å². The number of nitrogens with one attached hydrogen (secondary N) is 1. The zero-order valence-corrected chi connectivity index (χ0v) is 16.4. The van der Waals surface area contributed by atoms with Gasteiger partial charge in [0, 0.05) is 11.8 Å². The molecule has 1 N–H and O–H groups in total. The molecule has 0 spiro atoms. The summed E-state index contributed by atoms with van der Waals surface area (Å²) in [5, 5.41) is 13.5. The molecule has 158 valence electrons. The maximum absolute atomic E-state index is 13.7. The Hall–Kier alpha value is -3.43. The number of rotatable bonds is 7. The van der Waals surface area contributed by atoms with Crippen LogP contribution >= 0.6 is 0 Å². The zero-order valence-electron chi connectivity index (χ0n) is 16.4. The highest BCUT2D eigenvalue weighted by molar-refractivity contribution is 6.05. The molecule has 7 nitrogen and oxygen atoms in total. The first-order chi connectivity index (χ1) is 14.3. The van der Waals surface area contributed by atoms with Gasteiger partial charge in [0.25, 0.3) is 5.91 Å². The summed E-state index contributed by atoms with van der Waals surface area (Å²) in [6.07, 6.45) is -0.984. The number of anilines is 1. The van der Waals surface area contributed by atoms with Gasteiger partial charge in [-0.25, -0.2) is 4.68 Å². The Morgan fingerprint density at radius 3 is 2.43 bits per heavy atom. The number of ether oxygens (including phenoxy) is 1. The van der Waals surface area contributed by atoms with Crippen molar-refractivity contribution in [2.45, 2.75) is 32.4 Å². The van der Waals surface area contributed by atoms with Crippen LogP contribution in [0.5, 0.6) is 5.88 Å². The molecule has 0 aliphatic rings. The third kappa shape index (κ3) is 4.76. The van der Waals surface area contributed by atoms with Crippen LogP contribution in [0.15, 0.2) is 42.6 Å². The molecule has 0 atom stereocenters. The van der Waals surface area contributed by atoms with Crippen molar-refractivity contribution < 1.29 is 22.7 Å². The molecule has 0 unspecified atom stereocenters. The number of aryl methyl sites for hydroxylation is 1. The minimum Gasteiger partial charge on any atom is -0.480 e. The first-order valence-corrected chi connectivity index (χ1v) is 9.27. The maximum Gasteiger partial charge on any atom is 0.434 e. The van der Waals surface area contributed by atoms with Crippen LogP contribution in [0.25, 0.3) is 5.82 Å². The molecule has 0 fully saturated rings. The van der Waals surface area contributed by atoms with Crippen LogP contribution < -0.4 is 10.1 Å². The number of hydrogen-bond acceptors (Lipinski definition) is 5. The maximum atomic E-state index is 13.7. The van der Waals surface area contributed by atoms with E-state index in [4.69, 9.17) is 4.74 Å². The van der Waals surface area contributed by atoms with Gasteiger partial charge in [-0.3, -0.25) is 4.79 Å². The highest BCUT2D eigenvalue weighted by atomic mass is 19.4. The summed E-state index contributed by atoms with van der Waals surface area (Å²) in [7, 11) is 1.36. The number of amides is 1. The van der Waals surface area contributed by atoms with Crippen LogP contribution in [0, 0.1) is 0 Å². The summed E-state index contributed by atoms with van der Waals surface area (Å²) >= 11 is 0. The summed E-state index contributed by atoms with van der Waals surface area (Å²) in [5.41, 5.74) is -0.365. The number of benzene rings is 1. The summed E-state index contributed by atoms with van der Waals surface area (Å²) < 4.78 is 46.6. The van der Waals surface area contributed by atoms with E-state index in [0.29, 0.717) is 10.4 Å². The second kappa shape index (κ2) is 8.93. The molecule has 0 saturated carbocycles. The predicted octanol–water partition coefficient (Wildman–Crippen LogP) is 4.28. The van der Waals surface area contributed by atoms with Gasteiger partial charge in [0.1, 0.15) is 0 Å². The molecule has 30 heavy (non-hydrogen) atoms. The molecule has 1 aromatic carbocycles. The van der Waals surface area contributed by atoms with E-state index in [1.807, 2.05) is 12.1 Å². The molecule has 0 bridgehead atoms. The van der Waals surface area contributed by atoms with Crippen molar-refractivity contribution in [2.24, 2.45) is 0 Å². The number of unbranched alkanes of at least 4 members (excludes halogenated alkanes) is 1. The van der Waals surface area contributed by atoms with Gasteiger partial charge in [0.05, 0.1) is 18.9 Å². The minimum absolute atomic E-state index is 0.139. The lowest BCUT2D eigenvalue weighted by Gasteiger charge is -2.12. The summed E-state index contributed by atoms with van der Waals surface area (Å²) in [5.74, 6) is -0.973. The van der Waals surface area contributed by atoms with Crippen LogP contribution in [-0.2, 0) is 12.6 Å². The highest BCUT2D eigenvalue weighted by Crippen LogP contribution is 2.33. The van der Waals surface area contributed by atoms with Gasteiger partial charge < -0.3 is 10.1 Å². The van der Waals surface area contributed by atoms with Crippen molar-refractivity contribution in [3.8, 4) is 11.7 Å². The smallest absolute Gasteiger partial charge is 0.434 e. The van der Waals surface area contributed by atoms with Crippen molar-refractivity contribution in [3.63, 3.8) is 0 Å². The van der Waals surface area contributed by atoms with Gasteiger partial charge in [-0.2, -0.15) is 18.3 Å². The Morgan fingerprint density at radius 2 is 1.87 bits per heavy atom. The van der Waals surface area contributed by atoms with Crippen LogP contribution in [-0.4, -0.2) is 33.0 Å². The lowest BCUT2D eigenvalue weighted by molar-refractivity contribution is -0.143. The SMILES string of the molecule is CCCCc1ccc(NC(=O)c2cnn(-c3ccc(OC)nn3)c2C(F)(F)F)cc1. The number of nitrogens with zero attached hydrogens (tertiary/aromatic N) is 4. The Kier molecular flexibility index (Phi) is 6.34. The van der Waals surface area contributed by atoms with Crippen LogP contribution in [0.2, 0.25) is 0 Å². The molecule has 0 saturated heterocycles. The van der Waals surface area contributed by atoms with E-state index in [1.165, 1.54) is 19.2 Å². The van der Waals surface area contributed by atoms with Crippen LogP contribution in [0.4, 0.5) is 18.9 Å². The average Bonchev–Trinajstić information content (AvgIpc) is 3.19. The monoisotopic (exact) mass is 419 g/mol. The number of carbonyl (C=O) groups is 1. The normalized spacial score (nSPS) is 11.4. The largest absolute Gasteiger partial charge is 0.480 e. The summed E-state index contributed by atoms with van der Waals surface area (Å²) in [4.78, 5) is 12.6. The van der Waals surface area contributed by atoms with E-state index in [9.17, 15) is 18.0 Å². The topological polar surface area (TPSA) is 81.9 Å². The Balaban J connectivity index is 1.87. The number of aromatic nitrogens is 4. The fourth-order valence-electron chi connectivity index (χ4n) is 2.83. The first-order valence-electron chi connectivity index (χ1n) is 9.27. The summed E-state index contributed by atoms with van der Waals surface area (Å²) in [6, 6.07) is 9.62. The zero-order chi connectivity index (χ0) is 21.7. The van der Waals surface area contributed by atoms with Crippen molar-refractivity contribution in [3.05, 3.63) is 59.4 Å². The third-order valence-electron chi connectivity index (χ3n) is 4.37. The summed E-state index contributed by atoms with van der Waals surface area (Å²) in [6.45, 7) is 2.09. The molecule has 3 rings (SSSR count). The average molecular weight is 419 g/mol. The van der Waals surface area contributed by atoms with Gasteiger partial charge in [-0.05, 0) is 36.6 Å². The lowest BCUT2D eigenvalue weighted by atomic mass is 10.1. The van der Waals surface area contributed by atoms with Crippen molar-refractivity contribution in [2.75, 3.05) is 12.4 Å². The molecule has 1 amide bonds. The Morgan fingerprint density at radius 1 is 1.13 bits per heavy atom. The molecule has 0 aliphatic carbocycles. The molecule has 3 aromatic rings. The molecule has 0 radical (unpaired) electrons. The van der Waals surface area contributed by atoms with Gasteiger partial charge in [0.2, 0.25) is 5.88 Å². The number of halogens is 3. The van der Waals surface area contributed by atoms with Crippen molar-refractivity contribution in [1.29, 1.82) is 0 Å². The first kappa shape index (κ1) is 21.3. The number of carbonyl (C=O) groups excluding carboxylic acids is 1. The Labute approximate surface area is 170 Å². The van der Waals surface area contributed by atoms with Crippen molar-refractivity contribution in [1.82, 2.24) is 20.0 Å². The van der Waals surface area contributed by atoms with E-state index in [1.54, 1.807) is 12.1 Å². The van der Waals surface area contributed by atoms with E-state index in [2.05, 4.69) is 27.5 Å². The molecule has 10 heteroatoms.